The second-order valence-corrected chi connectivity index (χ2v) is 8.06. The summed E-state index contributed by atoms with van der Waals surface area (Å²) < 4.78 is 30.7. The summed E-state index contributed by atoms with van der Waals surface area (Å²) >= 11 is 0. The Labute approximate surface area is 159 Å². The van der Waals surface area contributed by atoms with Crippen LogP contribution in [0.5, 0.6) is 5.75 Å². The molecule has 2 rings (SSSR count). The van der Waals surface area contributed by atoms with Gasteiger partial charge in [-0.15, -0.1) is 0 Å². The maximum Gasteiger partial charge on any atom is 0.260 e. The van der Waals surface area contributed by atoms with Gasteiger partial charge < -0.3 is 4.74 Å². The van der Waals surface area contributed by atoms with E-state index in [0.29, 0.717) is 11.4 Å². The first-order chi connectivity index (χ1) is 12.7. The van der Waals surface area contributed by atoms with Gasteiger partial charge in [0.05, 0.1) is 25.3 Å². The molecule has 0 aliphatic rings. The molecule has 27 heavy (non-hydrogen) atoms. The normalized spacial score (nSPS) is 11.4. The summed E-state index contributed by atoms with van der Waals surface area (Å²) in [6.07, 6.45) is 2.53. The number of ether oxygens (including phenoxy) is 1. The SMILES string of the molecule is COc1ccc(C)cc1N(CC(=O)N/N=C\c1ccc(C)cc1)S(C)(=O)=O. The number of nitrogens with zero attached hydrogens (tertiary/aromatic N) is 2. The summed E-state index contributed by atoms with van der Waals surface area (Å²) in [7, 11) is -2.26. The van der Waals surface area contributed by atoms with Crippen LogP contribution in [-0.2, 0) is 14.8 Å². The van der Waals surface area contributed by atoms with Crippen LogP contribution >= 0.6 is 0 Å². The summed E-state index contributed by atoms with van der Waals surface area (Å²) in [5.74, 6) is -0.200. The van der Waals surface area contributed by atoms with E-state index in [4.69, 9.17) is 4.74 Å². The molecule has 0 aliphatic heterocycles. The Morgan fingerprint density at radius 3 is 2.37 bits per heavy atom. The number of aryl methyl sites for hydroxylation is 2. The van der Waals surface area contributed by atoms with E-state index in [1.165, 1.54) is 13.3 Å². The van der Waals surface area contributed by atoms with Gasteiger partial charge in [0, 0.05) is 0 Å². The number of carbonyl (C=O) groups is 1. The van der Waals surface area contributed by atoms with Crippen molar-refractivity contribution in [3.05, 3.63) is 59.2 Å². The van der Waals surface area contributed by atoms with Gasteiger partial charge >= 0.3 is 0 Å². The minimum Gasteiger partial charge on any atom is -0.495 e. The lowest BCUT2D eigenvalue weighted by Gasteiger charge is -2.23. The first kappa shape index (κ1) is 20.4. The molecule has 0 heterocycles. The van der Waals surface area contributed by atoms with Gasteiger partial charge in [0.1, 0.15) is 12.3 Å². The van der Waals surface area contributed by atoms with E-state index in [0.717, 1.165) is 27.3 Å². The molecule has 0 fully saturated rings. The van der Waals surface area contributed by atoms with Crippen molar-refractivity contribution in [1.82, 2.24) is 5.43 Å². The number of hydrogen-bond donors (Lipinski definition) is 1. The van der Waals surface area contributed by atoms with E-state index in [1.807, 2.05) is 38.1 Å². The van der Waals surface area contributed by atoms with Crippen molar-refractivity contribution in [3.63, 3.8) is 0 Å². The van der Waals surface area contributed by atoms with Crippen molar-refractivity contribution in [2.75, 3.05) is 24.2 Å². The molecule has 1 N–H and O–H groups in total. The summed E-state index contributed by atoms with van der Waals surface area (Å²) in [5.41, 5.74) is 5.44. The number of anilines is 1. The topological polar surface area (TPSA) is 88.1 Å². The minimum atomic E-state index is -3.70. The molecule has 0 saturated heterocycles. The number of nitrogens with one attached hydrogen (secondary N) is 1. The van der Waals surface area contributed by atoms with Crippen molar-refractivity contribution in [2.24, 2.45) is 5.10 Å². The molecule has 1 amide bonds. The zero-order valence-corrected chi connectivity index (χ0v) is 16.6. The number of hydrogen-bond acceptors (Lipinski definition) is 5. The molecular weight excluding hydrogens is 366 g/mol. The van der Waals surface area contributed by atoms with E-state index in [1.54, 1.807) is 18.2 Å². The summed E-state index contributed by atoms with van der Waals surface area (Å²) in [4.78, 5) is 12.2. The minimum absolute atomic E-state index is 0.303. The third-order valence-electron chi connectivity index (χ3n) is 3.77. The monoisotopic (exact) mass is 389 g/mol. The molecule has 7 nitrogen and oxygen atoms in total. The van der Waals surface area contributed by atoms with Crippen molar-refractivity contribution in [3.8, 4) is 5.75 Å². The Hall–Kier alpha value is -2.87. The fraction of sp³-hybridized carbons (Fsp3) is 0.263. The Balaban J connectivity index is 2.16. The van der Waals surface area contributed by atoms with Gasteiger partial charge in [0.25, 0.3) is 5.91 Å². The van der Waals surface area contributed by atoms with Crippen LogP contribution in [-0.4, -0.2) is 40.4 Å². The van der Waals surface area contributed by atoms with Gasteiger partial charge in [-0.3, -0.25) is 9.10 Å². The van der Waals surface area contributed by atoms with Crippen LogP contribution in [0.2, 0.25) is 0 Å². The molecule has 2 aromatic carbocycles. The average Bonchev–Trinajstić information content (AvgIpc) is 2.60. The standard InChI is InChI=1S/C19H23N3O4S/c1-14-5-8-16(9-6-14)12-20-21-19(23)13-22(27(4,24)25)17-11-15(2)7-10-18(17)26-3/h5-12H,13H2,1-4H3,(H,21,23)/b20-12-. The number of amides is 1. The Kier molecular flexibility index (Phi) is 6.57. The van der Waals surface area contributed by atoms with Gasteiger partial charge in [-0.1, -0.05) is 35.9 Å². The van der Waals surface area contributed by atoms with Gasteiger partial charge in [0.15, 0.2) is 0 Å². The highest BCUT2D eigenvalue weighted by Gasteiger charge is 2.24. The molecule has 0 aromatic heterocycles. The molecule has 8 heteroatoms. The van der Waals surface area contributed by atoms with Gasteiger partial charge in [0.2, 0.25) is 10.0 Å². The maximum atomic E-state index is 12.2. The smallest absolute Gasteiger partial charge is 0.260 e. The fourth-order valence-electron chi connectivity index (χ4n) is 2.37. The third kappa shape index (κ3) is 5.82. The molecule has 0 saturated carbocycles. The van der Waals surface area contributed by atoms with Crippen LogP contribution in [0.3, 0.4) is 0 Å². The predicted molar refractivity (Wildman–Crippen MR) is 107 cm³/mol. The number of sulfonamides is 1. The predicted octanol–water partition coefficient (Wildman–Crippen LogP) is 2.23. The zero-order valence-electron chi connectivity index (χ0n) is 15.8. The average molecular weight is 389 g/mol. The van der Waals surface area contributed by atoms with E-state index >= 15 is 0 Å². The van der Waals surface area contributed by atoms with Crippen molar-refractivity contribution >= 4 is 27.8 Å². The molecule has 144 valence electrons. The Bertz CT molecular complexity index is 938. The van der Waals surface area contributed by atoms with Crippen LogP contribution in [0.15, 0.2) is 47.6 Å². The fourth-order valence-corrected chi connectivity index (χ4v) is 3.22. The van der Waals surface area contributed by atoms with Crippen LogP contribution in [0.1, 0.15) is 16.7 Å². The number of benzene rings is 2. The highest BCUT2D eigenvalue weighted by Crippen LogP contribution is 2.30. The molecule has 0 aliphatic carbocycles. The van der Waals surface area contributed by atoms with Crippen LogP contribution in [0.4, 0.5) is 5.69 Å². The van der Waals surface area contributed by atoms with Crippen molar-refractivity contribution < 1.29 is 17.9 Å². The Morgan fingerprint density at radius 1 is 1.15 bits per heavy atom. The Morgan fingerprint density at radius 2 is 1.78 bits per heavy atom. The van der Waals surface area contributed by atoms with E-state index < -0.39 is 22.5 Å². The van der Waals surface area contributed by atoms with E-state index in [2.05, 4.69) is 10.5 Å². The molecule has 0 atom stereocenters. The first-order valence-electron chi connectivity index (χ1n) is 8.21. The lowest BCUT2D eigenvalue weighted by molar-refractivity contribution is -0.119. The number of carbonyl (C=O) groups excluding carboxylic acids is 1. The molecule has 2 aromatic rings. The first-order valence-corrected chi connectivity index (χ1v) is 10.1. The highest BCUT2D eigenvalue weighted by molar-refractivity contribution is 7.92. The lowest BCUT2D eigenvalue weighted by atomic mass is 10.2. The zero-order chi connectivity index (χ0) is 20.0. The van der Waals surface area contributed by atoms with Gasteiger partial charge in [-0.2, -0.15) is 5.10 Å². The lowest BCUT2D eigenvalue weighted by Crippen LogP contribution is -2.39. The van der Waals surface area contributed by atoms with Crippen LogP contribution in [0.25, 0.3) is 0 Å². The van der Waals surface area contributed by atoms with Crippen LogP contribution < -0.4 is 14.5 Å². The molecule has 0 spiro atoms. The molecule has 0 bridgehead atoms. The maximum absolute atomic E-state index is 12.2. The number of rotatable bonds is 7. The van der Waals surface area contributed by atoms with Gasteiger partial charge in [-0.25, -0.2) is 13.8 Å². The largest absolute Gasteiger partial charge is 0.495 e. The molecular formula is C19H23N3O4S. The van der Waals surface area contributed by atoms with E-state index in [-0.39, 0.29) is 0 Å². The van der Waals surface area contributed by atoms with E-state index in [9.17, 15) is 13.2 Å². The van der Waals surface area contributed by atoms with Crippen molar-refractivity contribution in [2.45, 2.75) is 13.8 Å². The quantitative estimate of drug-likeness (QED) is 0.581. The molecule has 0 radical (unpaired) electrons. The summed E-state index contributed by atoms with van der Waals surface area (Å²) in [5, 5.41) is 3.88. The highest BCUT2D eigenvalue weighted by atomic mass is 32.2. The summed E-state index contributed by atoms with van der Waals surface area (Å²) in [6.45, 7) is 3.39. The number of methoxy groups -OCH3 is 1. The molecule has 0 unspecified atom stereocenters. The third-order valence-corrected chi connectivity index (χ3v) is 4.90. The second kappa shape index (κ2) is 8.68. The number of hydrazone groups is 1. The van der Waals surface area contributed by atoms with Crippen LogP contribution in [0, 0.1) is 13.8 Å². The second-order valence-electron chi connectivity index (χ2n) is 6.15. The van der Waals surface area contributed by atoms with Crippen molar-refractivity contribution in [1.29, 1.82) is 0 Å². The summed E-state index contributed by atoms with van der Waals surface area (Å²) in [6, 6.07) is 12.7. The van der Waals surface area contributed by atoms with Gasteiger partial charge in [-0.05, 0) is 37.1 Å².